The van der Waals surface area contributed by atoms with Crippen molar-refractivity contribution in [2.24, 2.45) is 0 Å². The molecule has 0 fully saturated rings. The molecule has 120 valence electrons. The Labute approximate surface area is 137 Å². The highest BCUT2D eigenvalue weighted by atomic mass is 16.1. The number of rotatable bonds is 3. The molecule has 6 nitrogen and oxygen atoms in total. The van der Waals surface area contributed by atoms with Crippen LogP contribution in [0.1, 0.15) is 17.9 Å². The summed E-state index contributed by atoms with van der Waals surface area (Å²) < 4.78 is 0. The van der Waals surface area contributed by atoms with Crippen LogP contribution in [0.2, 0.25) is 0 Å². The lowest BCUT2D eigenvalue weighted by Crippen LogP contribution is -2.27. The van der Waals surface area contributed by atoms with Crippen LogP contribution in [0.5, 0.6) is 0 Å². The summed E-state index contributed by atoms with van der Waals surface area (Å²) in [4.78, 5) is 31.1. The van der Waals surface area contributed by atoms with E-state index in [-0.39, 0.29) is 17.4 Å². The number of carbonyl (C=O) groups is 1. The Kier molecular flexibility index (Phi) is 3.49. The third kappa shape index (κ3) is 2.62. The second-order valence-corrected chi connectivity index (χ2v) is 5.85. The predicted molar refractivity (Wildman–Crippen MR) is 93.3 cm³/mol. The van der Waals surface area contributed by atoms with Crippen LogP contribution in [0, 0.1) is 0 Å². The predicted octanol–water partition coefficient (Wildman–Crippen LogP) is 2.46. The molecule has 0 saturated heterocycles. The third-order valence-electron chi connectivity index (χ3n) is 4.24. The van der Waals surface area contributed by atoms with Gasteiger partial charge in [0.15, 0.2) is 0 Å². The number of aromatic amines is 1. The van der Waals surface area contributed by atoms with Crippen molar-refractivity contribution in [1.29, 1.82) is 0 Å². The van der Waals surface area contributed by atoms with Crippen molar-refractivity contribution in [3.05, 3.63) is 64.4 Å². The van der Waals surface area contributed by atoms with Gasteiger partial charge in [-0.2, -0.15) is 0 Å². The zero-order valence-corrected chi connectivity index (χ0v) is 12.9. The summed E-state index contributed by atoms with van der Waals surface area (Å²) in [5, 5.41) is 6.60. The van der Waals surface area contributed by atoms with Crippen LogP contribution in [0.25, 0.3) is 10.9 Å². The zero-order valence-electron chi connectivity index (χ0n) is 12.9. The van der Waals surface area contributed by atoms with Crippen LogP contribution in [0.4, 0.5) is 11.6 Å². The molecule has 24 heavy (non-hydrogen) atoms. The minimum absolute atomic E-state index is 0.000430. The van der Waals surface area contributed by atoms with Gasteiger partial charge in [0.2, 0.25) is 11.9 Å². The van der Waals surface area contributed by atoms with Crippen molar-refractivity contribution in [3.8, 4) is 0 Å². The van der Waals surface area contributed by atoms with Crippen molar-refractivity contribution in [1.82, 2.24) is 9.97 Å². The van der Waals surface area contributed by atoms with E-state index in [1.54, 1.807) is 12.1 Å². The van der Waals surface area contributed by atoms with Gasteiger partial charge in [-0.3, -0.25) is 14.6 Å². The lowest BCUT2D eigenvalue weighted by molar-refractivity contribution is -0.116. The molecular weight excluding hydrogens is 304 g/mol. The maximum atomic E-state index is 12.1. The van der Waals surface area contributed by atoms with E-state index in [1.807, 2.05) is 36.4 Å². The molecule has 2 aromatic carbocycles. The van der Waals surface area contributed by atoms with Crippen LogP contribution >= 0.6 is 0 Å². The van der Waals surface area contributed by atoms with Crippen LogP contribution in [-0.4, -0.2) is 22.4 Å². The fourth-order valence-corrected chi connectivity index (χ4v) is 3.07. The number of amides is 1. The Morgan fingerprint density at radius 2 is 1.88 bits per heavy atom. The van der Waals surface area contributed by atoms with Gasteiger partial charge in [0, 0.05) is 24.6 Å². The lowest BCUT2D eigenvalue weighted by Gasteiger charge is -2.25. The van der Waals surface area contributed by atoms with Gasteiger partial charge in [-0.1, -0.05) is 30.3 Å². The number of aromatic nitrogens is 2. The molecule has 0 unspecified atom stereocenters. The molecule has 0 spiro atoms. The second kappa shape index (κ2) is 5.81. The van der Waals surface area contributed by atoms with E-state index in [0.717, 1.165) is 11.3 Å². The monoisotopic (exact) mass is 320 g/mol. The standard InChI is InChI=1S/C18H16N4O2/c23-16-9-11(12-5-1-3-7-14(12)20-16)10-19-18-21-15-8-4-2-6-13(15)17(24)22-18/h1-8,11H,9-10H2,(H,20,23)(H2,19,21,22,24)/t11-/m1/s1. The van der Waals surface area contributed by atoms with Crippen molar-refractivity contribution in [2.45, 2.75) is 12.3 Å². The Bertz CT molecular complexity index is 980. The number of anilines is 2. The molecule has 4 rings (SSSR count). The second-order valence-electron chi connectivity index (χ2n) is 5.85. The van der Waals surface area contributed by atoms with Crippen LogP contribution in [-0.2, 0) is 4.79 Å². The van der Waals surface area contributed by atoms with Gasteiger partial charge in [0.1, 0.15) is 0 Å². The number of hydrogen-bond donors (Lipinski definition) is 3. The molecule has 3 N–H and O–H groups in total. The van der Waals surface area contributed by atoms with E-state index in [2.05, 4.69) is 20.6 Å². The molecule has 3 aromatic rings. The molecule has 1 aliphatic heterocycles. The molecular formula is C18H16N4O2. The Balaban J connectivity index is 1.59. The van der Waals surface area contributed by atoms with Gasteiger partial charge in [0.25, 0.3) is 5.56 Å². The van der Waals surface area contributed by atoms with Gasteiger partial charge >= 0.3 is 0 Å². The SMILES string of the molecule is O=C1C[C@H](CNc2nc3ccccc3c(=O)[nH]2)c2ccccc2N1. The van der Waals surface area contributed by atoms with Crippen LogP contribution in [0.3, 0.4) is 0 Å². The number of carbonyl (C=O) groups excluding carboxylic acids is 1. The summed E-state index contributed by atoms with van der Waals surface area (Å²) in [5.74, 6) is 0.453. The molecule has 1 aromatic heterocycles. The van der Waals surface area contributed by atoms with Crippen molar-refractivity contribution < 1.29 is 4.79 Å². The highest BCUT2D eigenvalue weighted by molar-refractivity contribution is 5.94. The summed E-state index contributed by atoms with van der Waals surface area (Å²) >= 11 is 0. The molecule has 6 heteroatoms. The summed E-state index contributed by atoms with van der Waals surface area (Å²) in [6, 6.07) is 15.0. The van der Waals surface area contributed by atoms with Crippen molar-refractivity contribution in [2.75, 3.05) is 17.2 Å². The van der Waals surface area contributed by atoms with Gasteiger partial charge < -0.3 is 10.6 Å². The molecule has 1 amide bonds. The topological polar surface area (TPSA) is 86.9 Å². The number of nitrogens with zero attached hydrogens (tertiary/aromatic N) is 1. The molecule has 1 aliphatic rings. The van der Waals surface area contributed by atoms with E-state index < -0.39 is 0 Å². The first-order valence-electron chi connectivity index (χ1n) is 7.82. The first kappa shape index (κ1) is 14.4. The molecule has 0 radical (unpaired) electrons. The number of nitrogens with one attached hydrogen (secondary N) is 3. The number of fused-ring (bicyclic) bond motifs is 2. The average molecular weight is 320 g/mol. The molecule has 0 aliphatic carbocycles. The van der Waals surface area contributed by atoms with Crippen molar-refractivity contribution in [3.63, 3.8) is 0 Å². The summed E-state index contributed by atoms with van der Waals surface area (Å²) in [5.41, 5.74) is 2.41. The maximum Gasteiger partial charge on any atom is 0.260 e. The van der Waals surface area contributed by atoms with E-state index in [1.165, 1.54) is 0 Å². The van der Waals surface area contributed by atoms with Crippen molar-refractivity contribution >= 4 is 28.4 Å². The summed E-state index contributed by atoms with van der Waals surface area (Å²) in [7, 11) is 0. The van der Waals surface area contributed by atoms with Crippen LogP contribution in [0.15, 0.2) is 53.3 Å². The fraction of sp³-hybridized carbons (Fsp3) is 0.167. The van der Waals surface area contributed by atoms with Gasteiger partial charge in [-0.05, 0) is 23.8 Å². The van der Waals surface area contributed by atoms with E-state index >= 15 is 0 Å². The fourth-order valence-electron chi connectivity index (χ4n) is 3.07. The van der Waals surface area contributed by atoms with Gasteiger partial charge in [-0.15, -0.1) is 0 Å². The number of hydrogen-bond acceptors (Lipinski definition) is 4. The number of para-hydroxylation sites is 2. The highest BCUT2D eigenvalue weighted by Gasteiger charge is 2.24. The Morgan fingerprint density at radius 3 is 2.79 bits per heavy atom. The first-order valence-corrected chi connectivity index (χ1v) is 7.82. The quantitative estimate of drug-likeness (QED) is 0.692. The van der Waals surface area contributed by atoms with E-state index in [0.29, 0.717) is 29.8 Å². The first-order chi connectivity index (χ1) is 11.7. The maximum absolute atomic E-state index is 12.1. The number of H-pyrrole nitrogens is 1. The Hall–Kier alpha value is -3.15. The van der Waals surface area contributed by atoms with E-state index in [9.17, 15) is 9.59 Å². The Morgan fingerprint density at radius 1 is 1.08 bits per heavy atom. The zero-order chi connectivity index (χ0) is 16.5. The normalized spacial score (nSPS) is 16.5. The minimum Gasteiger partial charge on any atom is -0.355 e. The third-order valence-corrected chi connectivity index (χ3v) is 4.24. The van der Waals surface area contributed by atoms with E-state index in [4.69, 9.17) is 0 Å². The van der Waals surface area contributed by atoms with Gasteiger partial charge in [-0.25, -0.2) is 4.98 Å². The molecule has 0 bridgehead atoms. The van der Waals surface area contributed by atoms with Gasteiger partial charge in [0.05, 0.1) is 10.9 Å². The average Bonchev–Trinajstić information content (AvgIpc) is 2.59. The summed E-state index contributed by atoms with van der Waals surface area (Å²) in [6.45, 7) is 0.520. The summed E-state index contributed by atoms with van der Waals surface area (Å²) in [6.07, 6.45) is 0.405. The number of benzene rings is 2. The minimum atomic E-state index is -0.176. The molecule has 1 atom stereocenters. The largest absolute Gasteiger partial charge is 0.355 e. The molecule has 0 saturated carbocycles. The smallest absolute Gasteiger partial charge is 0.260 e. The highest BCUT2D eigenvalue weighted by Crippen LogP contribution is 2.31. The molecule has 2 heterocycles. The van der Waals surface area contributed by atoms with Crippen LogP contribution < -0.4 is 16.2 Å². The lowest BCUT2D eigenvalue weighted by atomic mass is 9.90.